The maximum absolute atomic E-state index is 12.5. The topological polar surface area (TPSA) is 95.1 Å². The van der Waals surface area contributed by atoms with Crippen LogP contribution < -0.4 is 24.8 Å². The summed E-state index contributed by atoms with van der Waals surface area (Å²) in [6, 6.07) is 12.9. The van der Waals surface area contributed by atoms with E-state index in [2.05, 4.69) is 10.6 Å². The van der Waals surface area contributed by atoms with Crippen LogP contribution in [0.2, 0.25) is 0 Å². The number of urea groups is 1. The van der Waals surface area contributed by atoms with Gasteiger partial charge in [-0.15, -0.1) is 0 Å². The molecule has 2 aromatic rings. The molecule has 0 spiro atoms. The van der Waals surface area contributed by atoms with Crippen molar-refractivity contribution in [2.75, 3.05) is 27.9 Å². The van der Waals surface area contributed by atoms with Crippen molar-refractivity contribution < 1.29 is 28.5 Å². The molecule has 0 saturated carbocycles. The number of methoxy groups -OCH3 is 3. The van der Waals surface area contributed by atoms with Gasteiger partial charge in [-0.2, -0.15) is 0 Å². The van der Waals surface area contributed by atoms with E-state index in [1.54, 1.807) is 62.8 Å². The van der Waals surface area contributed by atoms with E-state index in [1.807, 2.05) is 0 Å². The maximum Gasteiger partial charge on any atom is 0.338 e. The van der Waals surface area contributed by atoms with Gasteiger partial charge in [0.25, 0.3) is 0 Å². The summed E-state index contributed by atoms with van der Waals surface area (Å²) < 4.78 is 21.0. The lowest BCUT2D eigenvalue weighted by molar-refractivity contribution is -0.136. The molecular weight excluding hydrogens is 376 g/mol. The summed E-state index contributed by atoms with van der Waals surface area (Å²) >= 11 is 0. The molecule has 0 aliphatic carbocycles. The standard InChI is InChI=1S/C21H22N2O6/c1-26-14-6-4-13(5-7-14)19-18(20(24)28-3)17(22-21(25)23-19)12-29-16-10-8-15(27-2)9-11-16/h4-11,19H,12H2,1-3H3,(H2,22,23,25). The summed E-state index contributed by atoms with van der Waals surface area (Å²) in [5, 5.41) is 5.41. The van der Waals surface area contributed by atoms with Crippen molar-refractivity contribution in [3.8, 4) is 17.2 Å². The van der Waals surface area contributed by atoms with Gasteiger partial charge < -0.3 is 29.6 Å². The molecule has 1 heterocycles. The van der Waals surface area contributed by atoms with Gasteiger partial charge in [-0.05, 0) is 42.0 Å². The summed E-state index contributed by atoms with van der Waals surface area (Å²) in [4.78, 5) is 24.7. The number of rotatable bonds is 7. The highest BCUT2D eigenvalue weighted by Crippen LogP contribution is 2.29. The molecule has 0 bridgehead atoms. The number of carbonyl (C=O) groups excluding carboxylic acids is 2. The fraction of sp³-hybridized carbons (Fsp3) is 0.238. The molecular formula is C21H22N2O6. The van der Waals surface area contributed by atoms with Crippen LogP contribution in [0.15, 0.2) is 59.8 Å². The van der Waals surface area contributed by atoms with Gasteiger partial charge in [0.2, 0.25) is 0 Å². The van der Waals surface area contributed by atoms with Crippen molar-refractivity contribution in [2.45, 2.75) is 6.04 Å². The SMILES string of the molecule is COC(=O)C1=C(COc2ccc(OC)cc2)NC(=O)NC1c1ccc(OC)cc1. The molecule has 0 fully saturated rings. The van der Waals surface area contributed by atoms with Crippen molar-refractivity contribution in [3.63, 3.8) is 0 Å². The molecule has 2 N–H and O–H groups in total. The fourth-order valence-electron chi connectivity index (χ4n) is 2.96. The van der Waals surface area contributed by atoms with Gasteiger partial charge in [0.1, 0.15) is 23.9 Å². The molecule has 1 atom stereocenters. The molecule has 29 heavy (non-hydrogen) atoms. The number of amides is 2. The molecule has 152 valence electrons. The molecule has 1 aliphatic heterocycles. The van der Waals surface area contributed by atoms with Gasteiger partial charge in [-0.3, -0.25) is 0 Å². The van der Waals surface area contributed by atoms with E-state index in [0.29, 0.717) is 28.5 Å². The van der Waals surface area contributed by atoms with Crippen LogP contribution in [0.3, 0.4) is 0 Å². The van der Waals surface area contributed by atoms with E-state index in [9.17, 15) is 9.59 Å². The molecule has 1 unspecified atom stereocenters. The van der Waals surface area contributed by atoms with Crippen LogP contribution in [0.1, 0.15) is 11.6 Å². The summed E-state index contributed by atoms with van der Waals surface area (Å²) in [7, 11) is 4.43. The Bertz CT molecular complexity index is 906. The third kappa shape index (κ3) is 4.60. The molecule has 8 heteroatoms. The highest BCUT2D eigenvalue weighted by Gasteiger charge is 2.33. The van der Waals surface area contributed by atoms with Gasteiger partial charge in [-0.1, -0.05) is 12.1 Å². The zero-order chi connectivity index (χ0) is 20.8. The molecule has 2 amide bonds. The van der Waals surface area contributed by atoms with Crippen LogP contribution >= 0.6 is 0 Å². The smallest absolute Gasteiger partial charge is 0.338 e. The number of benzene rings is 2. The Hall–Kier alpha value is -3.68. The zero-order valence-electron chi connectivity index (χ0n) is 16.4. The van der Waals surface area contributed by atoms with Crippen molar-refractivity contribution in [3.05, 3.63) is 65.4 Å². The lowest BCUT2D eigenvalue weighted by Crippen LogP contribution is -2.47. The lowest BCUT2D eigenvalue weighted by Gasteiger charge is -2.29. The van der Waals surface area contributed by atoms with Gasteiger partial charge in [0.05, 0.1) is 38.6 Å². The van der Waals surface area contributed by atoms with E-state index in [1.165, 1.54) is 7.11 Å². The third-order valence-corrected chi connectivity index (χ3v) is 4.45. The van der Waals surface area contributed by atoms with E-state index < -0.39 is 18.0 Å². The molecule has 8 nitrogen and oxygen atoms in total. The van der Waals surface area contributed by atoms with Gasteiger partial charge in [0, 0.05) is 0 Å². The van der Waals surface area contributed by atoms with Gasteiger partial charge in [-0.25, -0.2) is 9.59 Å². The largest absolute Gasteiger partial charge is 0.497 e. The minimum atomic E-state index is -0.684. The lowest BCUT2D eigenvalue weighted by atomic mass is 9.95. The molecule has 1 aliphatic rings. The van der Waals surface area contributed by atoms with Crippen LogP contribution in [0.25, 0.3) is 0 Å². The molecule has 3 rings (SSSR count). The number of hydrogen-bond donors (Lipinski definition) is 2. The Morgan fingerprint density at radius 2 is 1.45 bits per heavy atom. The Kier molecular flexibility index (Phi) is 6.23. The average molecular weight is 398 g/mol. The predicted molar refractivity (Wildman–Crippen MR) is 105 cm³/mol. The second kappa shape index (κ2) is 9.01. The molecule has 0 aromatic heterocycles. The van der Waals surface area contributed by atoms with Crippen LogP contribution in [-0.2, 0) is 9.53 Å². The minimum absolute atomic E-state index is 0.0170. The maximum atomic E-state index is 12.5. The van der Waals surface area contributed by atoms with Crippen LogP contribution in [-0.4, -0.2) is 39.9 Å². The normalized spacial score (nSPS) is 15.8. The first-order chi connectivity index (χ1) is 14.0. The summed E-state index contributed by atoms with van der Waals surface area (Å²) in [5.74, 6) is 1.37. The third-order valence-electron chi connectivity index (χ3n) is 4.45. The zero-order valence-corrected chi connectivity index (χ0v) is 16.4. The van der Waals surface area contributed by atoms with E-state index >= 15 is 0 Å². The summed E-state index contributed by atoms with van der Waals surface area (Å²) in [6.45, 7) is -0.0170. The summed E-state index contributed by atoms with van der Waals surface area (Å²) in [6.07, 6.45) is 0. The molecule has 0 saturated heterocycles. The number of esters is 1. The van der Waals surface area contributed by atoms with Crippen LogP contribution in [0.5, 0.6) is 17.2 Å². The van der Waals surface area contributed by atoms with E-state index in [4.69, 9.17) is 18.9 Å². The Balaban J connectivity index is 1.90. The molecule has 2 aromatic carbocycles. The predicted octanol–water partition coefficient (Wildman–Crippen LogP) is 2.56. The van der Waals surface area contributed by atoms with Crippen molar-refractivity contribution in [1.29, 1.82) is 0 Å². The highest BCUT2D eigenvalue weighted by atomic mass is 16.5. The second-order valence-corrected chi connectivity index (χ2v) is 6.15. The first-order valence-electron chi connectivity index (χ1n) is 8.85. The van der Waals surface area contributed by atoms with Crippen molar-refractivity contribution in [1.82, 2.24) is 10.6 Å². The monoisotopic (exact) mass is 398 g/mol. The van der Waals surface area contributed by atoms with Gasteiger partial charge in [0.15, 0.2) is 0 Å². The number of ether oxygens (including phenoxy) is 4. The minimum Gasteiger partial charge on any atom is -0.497 e. The number of carbonyl (C=O) groups is 2. The Morgan fingerprint density at radius 1 is 0.897 bits per heavy atom. The van der Waals surface area contributed by atoms with Crippen molar-refractivity contribution in [2.24, 2.45) is 0 Å². The van der Waals surface area contributed by atoms with Crippen molar-refractivity contribution >= 4 is 12.0 Å². The highest BCUT2D eigenvalue weighted by molar-refractivity contribution is 5.95. The summed E-state index contributed by atoms with van der Waals surface area (Å²) in [5.41, 5.74) is 1.31. The van der Waals surface area contributed by atoms with Gasteiger partial charge >= 0.3 is 12.0 Å². The number of nitrogens with one attached hydrogen (secondary N) is 2. The first-order valence-corrected chi connectivity index (χ1v) is 8.85. The van der Waals surface area contributed by atoms with E-state index in [-0.39, 0.29) is 12.2 Å². The fourth-order valence-corrected chi connectivity index (χ4v) is 2.96. The Morgan fingerprint density at radius 3 is 2.00 bits per heavy atom. The number of hydrogen-bond acceptors (Lipinski definition) is 6. The first kappa shape index (κ1) is 20.1. The van der Waals surface area contributed by atoms with Crippen LogP contribution in [0.4, 0.5) is 4.79 Å². The average Bonchev–Trinajstić information content (AvgIpc) is 2.77. The molecule has 0 radical (unpaired) electrons. The van der Waals surface area contributed by atoms with E-state index in [0.717, 1.165) is 0 Å². The van der Waals surface area contributed by atoms with Crippen LogP contribution in [0, 0.1) is 0 Å². The quantitative estimate of drug-likeness (QED) is 0.696. The second-order valence-electron chi connectivity index (χ2n) is 6.15. The Labute approximate surface area is 168 Å².